The lowest BCUT2D eigenvalue weighted by molar-refractivity contribution is -0.176. The van der Waals surface area contributed by atoms with Crippen LogP contribution in [-0.2, 0) is 47.6 Å². The molecule has 0 rings (SSSR count). The van der Waals surface area contributed by atoms with E-state index in [1.165, 1.54) is 11.8 Å². The largest absolute Gasteiger partial charge is 0.447 e. The molecule has 0 saturated heterocycles. The molecule has 0 aromatic carbocycles. The highest BCUT2D eigenvalue weighted by atomic mass is 32.2. The van der Waals surface area contributed by atoms with E-state index in [1.807, 2.05) is 13.2 Å². The fourth-order valence-electron chi connectivity index (χ4n) is 3.03. The summed E-state index contributed by atoms with van der Waals surface area (Å²) in [5, 5.41) is 0. The van der Waals surface area contributed by atoms with Crippen LogP contribution in [0.1, 0.15) is 52.9 Å². The lowest BCUT2D eigenvalue weighted by Gasteiger charge is -2.26. The number of rotatable bonds is 22. The zero-order valence-corrected chi connectivity index (χ0v) is 23.0. The topological polar surface area (TPSA) is 124 Å². The van der Waals surface area contributed by atoms with Crippen LogP contribution in [0.5, 0.6) is 0 Å². The van der Waals surface area contributed by atoms with Gasteiger partial charge in [0, 0.05) is 24.9 Å². The summed E-state index contributed by atoms with van der Waals surface area (Å²) < 4.78 is 31.1. The van der Waals surface area contributed by atoms with Crippen LogP contribution in [0.4, 0.5) is 0 Å². The van der Waals surface area contributed by atoms with Gasteiger partial charge in [-0.3, -0.25) is 14.4 Å². The summed E-state index contributed by atoms with van der Waals surface area (Å²) in [6.45, 7) is 6.68. The van der Waals surface area contributed by atoms with Gasteiger partial charge in [-0.05, 0) is 26.0 Å². The molecule has 0 aliphatic carbocycles. The van der Waals surface area contributed by atoms with E-state index < -0.39 is 36.7 Å². The van der Waals surface area contributed by atoms with E-state index in [1.54, 1.807) is 27.0 Å². The Bertz CT molecular complexity index is 676. The second-order valence-electron chi connectivity index (χ2n) is 7.92. The van der Waals surface area contributed by atoms with Crippen molar-refractivity contribution in [1.82, 2.24) is 0 Å². The van der Waals surface area contributed by atoms with Crippen molar-refractivity contribution in [3.05, 3.63) is 11.6 Å². The third kappa shape index (κ3) is 14.6. The molecule has 0 radical (unpaired) electrons. The van der Waals surface area contributed by atoms with E-state index >= 15 is 0 Å². The Hall–Kier alpha value is -1.95. The van der Waals surface area contributed by atoms with Gasteiger partial charge >= 0.3 is 17.9 Å². The molecule has 0 spiro atoms. The molecular formula is C25H42O10S. The molecule has 36 heavy (non-hydrogen) atoms. The highest BCUT2D eigenvalue weighted by Crippen LogP contribution is 2.22. The molecular weight excluding hydrogens is 492 g/mol. The van der Waals surface area contributed by atoms with Crippen molar-refractivity contribution in [2.24, 2.45) is 5.92 Å². The molecule has 2 atom stereocenters. The summed E-state index contributed by atoms with van der Waals surface area (Å²) in [6.07, 6.45) is 5.23. The van der Waals surface area contributed by atoms with E-state index in [2.05, 4.69) is 0 Å². The first kappa shape index (κ1) is 34.0. The fraction of sp³-hybridized carbons (Fsp3) is 0.760. The van der Waals surface area contributed by atoms with Crippen LogP contribution in [0.15, 0.2) is 11.6 Å². The van der Waals surface area contributed by atoms with Crippen LogP contribution in [0.25, 0.3) is 0 Å². The quantitative estimate of drug-likeness (QED) is 0.0669. The first-order valence-corrected chi connectivity index (χ1v) is 13.5. The van der Waals surface area contributed by atoms with Gasteiger partial charge in [0.1, 0.15) is 0 Å². The van der Waals surface area contributed by atoms with Gasteiger partial charge in [-0.15, -0.1) is 0 Å². The van der Waals surface area contributed by atoms with Gasteiger partial charge in [0.2, 0.25) is 6.79 Å². The Morgan fingerprint density at radius 2 is 1.67 bits per heavy atom. The van der Waals surface area contributed by atoms with Crippen molar-refractivity contribution in [3.63, 3.8) is 0 Å². The molecule has 0 heterocycles. The minimum atomic E-state index is -1.69. The zero-order chi connectivity index (χ0) is 27.2. The van der Waals surface area contributed by atoms with E-state index in [4.69, 9.17) is 28.4 Å². The molecule has 0 bridgehead atoms. The molecule has 0 aromatic rings. The van der Waals surface area contributed by atoms with Crippen molar-refractivity contribution < 1.29 is 47.6 Å². The SMILES string of the molecule is C/C=C(\CCOCCOCCOC)C(=O)OC(C=O)(CC)CC(=O)OCOC(=O)C(CCC)CSC. The highest BCUT2D eigenvalue weighted by Gasteiger charge is 2.36. The van der Waals surface area contributed by atoms with Gasteiger partial charge in [0.15, 0.2) is 11.9 Å². The summed E-state index contributed by atoms with van der Waals surface area (Å²) in [5.74, 6) is -1.64. The number of hydrogen-bond donors (Lipinski definition) is 0. The van der Waals surface area contributed by atoms with Crippen molar-refractivity contribution in [2.75, 3.05) is 58.9 Å². The van der Waals surface area contributed by atoms with E-state index in [0.717, 1.165) is 6.42 Å². The summed E-state index contributed by atoms with van der Waals surface area (Å²) in [6, 6.07) is 0. The van der Waals surface area contributed by atoms with Gasteiger partial charge in [0.25, 0.3) is 0 Å². The lowest BCUT2D eigenvalue weighted by Crippen LogP contribution is -2.40. The van der Waals surface area contributed by atoms with Crippen LogP contribution >= 0.6 is 11.8 Å². The van der Waals surface area contributed by atoms with Crippen LogP contribution in [-0.4, -0.2) is 88.7 Å². The van der Waals surface area contributed by atoms with Crippen LogP contribution < -0.4 is 0 Å². The summed E-state index contributed by atoms with van der Waals surface area (Å²) in [4.78, 5) is 49.0. The third-order valence-electron chi connectivity index (χ3n) is 5.24. The molecule has 0 amide bonds. The van der Waals surface area contributed by atoms with Crippen LogP contribution in [0.3, 0.4) is 0 Å². The standard InChI is InChI=1S/C25H42O10S/c1-6-9-21(17-36-5)23(28)34-19-33-22(27)16-25(8-3,18-26)35-24(29)20(7-2)10-11-31-14-15-32-13-12-30-4/h7,18,21H,6,8-17,19H2,1-5H3/b20-7+. The van der Waals surface area contributed by atoms with E-state index in [-0.39, 0.29) is 25.4 Å². The maximum Gasteiger partial charge on any atom is 0.334 e. The van der Waals surface area contributed by atoms with Gasteiger partial charge in [-0.2, -0.15) is 11.8 Å². The number of carbonyl (C=O) groups excluding carboxylic acids is 4. The van der Waals surface area contributed by atoms with Crippen LogP contribution in [0.2, 0.25) is 0 Å². The molecule has 2 unspecified atom stereocenters. The monoisotopic (exact) mass is 534 g/mol. The zero-order valence-electron chi connectivity index (χ0n) is 22.2. The van der Waals surface area contributed by atoms with E-state index in [9.17, 15) is 19.2 Å². The predicted octanol–water partition coefficient (Wildman–Crippen LogP) is 3.11. The van der Waals surface area contributed by atoms with Crippen molar-refractivity contribution in [3.8, 4) is 0 Å². The number of thioether (sulfide) groups is 1. The van der Waals surface area contributed by atoms with E-state index in [0.29, 0.717) is 50.5 Å². The van der Waals surface area contributed by atoms with Crippen molar-refractivity contribution in [1.29, 1.82) is 0 Å². The fourth-order valence-corrected chi connectivity index (χ4v) is 3.73. The third-order valence-corrected chi connectivity index (χ3v) is 5.98. The highest BCUT2D eigenvalue weighted by molar-refractivity contribution is 7.98. The molecule has 0 aliphatic heterocycles. The minimum absolute atomic E-state index is 0.0652. The number of ether oxygens (including phenoxy) is 6. The lowest BCUT2D eigenvalue weighted by atomic mass is 9.98. The molecule has 0 saturated carbocycles. The predicted molar refractivity (Wildman–Crippen MR) is 136 cm³/mol. The smallest absolute Gasteiger partial charge is 0.334 e. The Kier molecular flexibility index (Phi) is 20.0. The number of carbonyl (C=O) groups is 4. The van der Waals surface area contributed by atoms with Crippen LogP contribution in [0, 0.1) is 5.92 Å². The van der Waals surface area contributed by atoms with Crippen molar-refractivity contribution in [2.45, 2.75) is 58.5 Å². The molecule has 10 nitrogen and oxygen atoms in total. The molecule has 0 N–H and O–H groups in total. The average Bonchev–Trinajstić information content (AvgIpc) is 2.87. The summed E-state index contributed by atoms with van der Waals surface area (Å²) >= 11 is 1.53. The summed E-state index contributed by atoms with van der Waals surface area (Å²) in [7, 11) is 1.59. The maximum atomic E-state index is 12.7. The molecule has 0 aliphatic rings. The molecule has 0 fully saturated rings. The van der Waals surface area contributed by atoms with Gasteiger partial charge < -0.3 is 28.4 Å². The number of allylic oxidation sites excluding steroid dienone is 1. The first-order valence-electron chi connectivity index (χ1n) is 12.1. The number of methoxy groups -OCH3 is 1. The van der Waals surface area contributed by atoms with Gasteiger partial charge in [-0.25, -0.2) is 4.79 Å². The second-order valence-corrected chi connectivity index (χ2v) is 8.83. The second kappa shape index (κ2) is 21.2. The minimum Gasteiger partial charge on any atom is -0.447 e. The normalized spacial score (nSPS) is 14.0. The first-order chi connectivity index (χ1) is 17.3. The van der Waals surface area contributed by atoms with Gasteiger partial charge in [0.05, 0.1) is 45.4 Å². The Morgan fingerprint density at radius 1 is 1.00 bits per heavy atom. The molecule has 0 aromatic heterocycles. The number of hydrogen-bond acceptors (Lipinski definition) is 11. The Balaban J connectivity index is 4.67. The average molecular weight is 535 g/mol. The maximum absolute atomic E-state index is 12.7. The molecule has 208 valence electrons. The molecule has 11 heteroatoms. The van der Waals surface area contributed by atoms with Crippen molar-refractivity contribution >= 4 is 36.0 Å². The Morgan fingerprint density at radius 3 is 2.22 bits per heavy atom. The Labute approximate surface area is 218 Å². The number of aldehydes is 1. The number of esters is 3. The van der Waals surface area contributed by atoms with Gasteiger partial charge in [-0.1, -0.05) is 26.3 Å². The summed E-state index contributed by atoms with van der Waals surface area (Å²) in [5.41, 5.74) is -1.38.